The first-order chi connectivity index (χ1) is 13.0. The summed E-state index contributed by atoms with van der Waals surface area (Å²) in [6.07, 6.45) is 0.293. The van der Waals surface area contributed by atoms with Gasteiger partial charge in [-0.05, 0) is 36.4 Å². The highest BCUT2D eigenvalue weighted by atomic mass is 19.1. The van der Waals surface area contributed by atoms with Gasteiger partial charge in [0.25, 0.3) is 5.56 Å². The maximum absolute atomic E-state index is 13.2. The molecule has 3 aromatic rings. The van der Waals surface area contributed by atoms with Gasteiger partial charge in [0.2, 0.25) is 0 Å². The summed E-state index contributed by atoms with van der Waals surface area (Å²) in [5.74, 6) is -0.468. The number of halogens is 1. The summed E-state index contributed by atoms with van der Waals surface area (Å²) >= 11 is 0. The molecule has 0 amide bonds. The van der Waals surface area contributed by atoms with Crippen LogP contribution in [0.1, 0.15) is 10.4 Å². The highest BCUT2D eigenvalue weighted by Crippen LogP contribution is 2.13. The molecule has 0 radical (unpaired) electrons. The molecule has 2 aromatic carbocycles. The molecule has 0 unspecified atom stereocenters. The van der Waals surface area contributed by atoms with Gasteiger partial charge < -0.3 is 14.6 Å². The lowest BCUT2D eigenvalue weighted by Crippen LogP contribution is -2.30. The van der Waals surface area contributed by atoms with Gasteiger partial charge in [0, 0.05) is 6.07 Å². The number of carbonyl (C=O) groups excluding carboxylic acids is 1. The lowest BCUT2D eigenvalue weighted by atomic mass is 10.2. The Hall–Kier alpha value is -3.26. The minimum absolute atomic E-state index is 0.0284. The van der Waals surface area contributed by atoms with Gasteiger partial charge in [0.1, 0.15) is 24.3 Å². The lowest BCUT2D eigenvalue weighted by molar-refractivity contribution is 0.0600. The van der Waals surface area contributed by atoms with E-state index in [1.54, 1.807) is 24.3 Å². The third-order valence-corrected chi connectivity index (χ3v) is 3.91. The number of carbonyl (C=O) groups is 1. The van der Waals surface area contributed by atoms with Crippen LogP contribution in [0, 0.1) is 5.82 Å². The summed E-state index contributed by atoms with van der Waals surface area (Å²) in [4.78, 5) is 27.8. The minimum atomic E-state index is -0.970. The van der Waals surface area contributed by atoms with Gasteiger partial charge in [0.15, 0.2) is 0 Å². The van der Waals surface area contributed by atoms with Crippen LogP contribution in [-0.4, -0.2) is 40.4 Å². The zero-order chi connectivity index (χ0) is 19.4. The number of aromatic nitrogens is 2. The summed E-state index contributed by atoms with van der Waals surface area (Å²) < 4.78 is 24.5. The van der Waals surface area contributed by atoms with Crippen molar-refractivity contribution in [3.05, 3.63) is 70.5 Å². The van der Waals surface area contributed by atoms with E-state index in [1.807, 2.05) is 0 Å². The number of aliphatic hydroxyl groups is 1. The topological polar surface area (TPSA) is 90.7 Å². The molecule has 3 rings (SSSR count). The molecule has 1 aromatic heterocycles. The Bertz CT molecular complexity index is 1020. The third-order valence-electron chi connectivity index (χ3n) is 3.91. The van der Waals surface area contributed by atoms with Crippen LogP contribution in [-0.2, 0) is 11.3 Å². The molecular weight excluding hydrogens is 355 g/mol. The van der Waals surface area contributed by atoms with E-state index in [9.17, 15) is 19.1 Å². The smallest absolute Gasteiger partial charge is 0.337 e. The first-order valence-electron chi connectivity index (χ1n) is 8.12. The van der Waals surface area contributed by atoms with Crippen molar-refractivity contribution < 1.29 is 23.8 Å². The summed E-state index contributed by atoms with van der Waals surface area (Å²) in [6.45, 7) is -0.0924. The number of fused-ring (bicyclic) bond motifs is 1. The van der Waals surface area contributed by atoms with Gasteiger partial charge in [-0.1, -0.05) is 0 Å². The molecule has 1 atom stereocenters. The number of ether oxygens (including phenoxy) is 2. The van der Waals surface area contributed by atoms with E-state index >= 15 is 0 Å². The van der Waals surface area contributed by atoms with Crippen molar-refractivity contribution in [2.75, 3.05) is 13.7 Å². The molecule has 0 fully saturated rings. The summed E-state index contributed by atoms with van der Waals surface area (Å²) in [7, 11) is 1.29. The van der Waals surface area contributed by atoms with Gasteiger partial charge in [-0.2, -0.15) is 0 Å². The van der Waals surface area contributed by atoms with Crippen LogP contribution in [0.3, 0.4) is 0 Å². The van der Waals surface area contributed by atoms with Crippen LogP contribution in [0.4, 0.5) is 4.39 Å². The fraction of sp³-hybridized carbons (Fsp3) is 0.211. The van der Waals surface area contributed by atoms with E-state index in [0.717, 1.165) is 0 Å². The van der Waals surface area contributed by atoms with Crippen molar-refractivity contribution >= 4 is 16.9 Å². The average molecular weight is 372 g/mol. The maximum Gasteiger partial charge on any atom is 0.337 e. The van der Waals surface area contributed by atoms with E-state index in [-0.39, 0.29) is 29.6 Å². The molecule has 7 nitrogen and oxygen atoms in total. The van der Waals surface area contributed by atoms with E-state index in [0.29, 0.717) is 11.3 Å². The normalized spacial score (nSPS) is 12.0. The number of aliphatic hydroxyl groups excluding tert-OH is 1. The largest absolute Gasteiger partial charge is 0.491 e. The second-order valence-electron chi connectivity index (χ2n) is 5.84. The molecule has 0 aliphatic heterocycles. The van der Waals surface area contributed by atoms with Crippen LogP contribution < -0.4 is 10.3 Å². The number of hydrogen-bond acceptors (Lipinski definition) is 6. The second kappa shape index (κ2) is 7.96. The standard InChI is InChI=1S/C19H17FN2O5/c1-26-19(25)12-2-5-15(6-3-12)27-10-14(23)9-22-11-21-17-8-13(20)4-7-16(17)18(22)24/h2-8,11,14,23H,9-10H2,1H3/t14-/m0/s1. The number of rotatable bonds is 6. The van der Waals surface area contributed by atoms with Crippen LogP contribution in [0.15, 0.2) is 53.6 Å². The number of esters is 1. The summed E-state index contributed by atoms with van der Waals surface area (Å²) in [5.41, 5.74) is 0.268. The predicted octanol–water partition coefficient (Wildman–Crippen LogP) is 1.76. The zero-order valence-corrected chi connectivity index (χ0v) is 14.5. The van der Waals surface area contributed by atoms with Crippen LogP contribution in [0.25, 0.3) is 10.9 Å². The fourth-order valence-electron chi connectivity index (χ4n) is 2.54. The Balaban J connectivity index is 1.64. The molecule has 1 heterocycles. The van der Waals surface area contributed by atoms with Crippen molar-refractivity contribution in [1.29, 1.82) is 0 Å². The van der Waals surface area contributed by atoms with Gasteiger partial charge in [-0.15, -0.1) is 0 Å². The van der Waals surface area contributed by atoms with Gasteiger partial charge >= 0.3 is 5.97 Å². The van der Waals surface area contributed by atoms with Crippen molar-refractivity contribution in [1.82, 2.24) is 9.55 Å². The van der Waals surface area contributed by atoms with Crippen LogP contribution >= 0.6 is 0 Å². The van der Waals surface area contributed by atoms with Crippen molar-refractivity contribution in [3.8, 4) is 5.75 Å². The molecule has 8 heteroatoms. The predicted molar refractivity (Wildman–Crippen MR) is 95.2 cm³/mol. The molecule has 0 spiro atoms. The maximum atomic E-state index is 13.2. The van der Waals surface area contributed by atoms with Crippen LogP contribution in [0.2, 0.25) is 0 Å². The molecule has 27 heavy (non-hydrogen) atoms. The minimum Gasteiger partial charge on any atom is -0.491 e. The molecule has 140 valence electrons. The highest BCUT2D eigenvalue weighted by molar-refractivity contribution is 5.89. The quantitative estimate of drug-likeness (QED) is 0.663. The van der Waals surface area contributed by atoms with E-state index in [1.165, 1.54) is 36.2 Å². The molecule has 1 N–H and O–H groups in total. The molecular formula is C19H17FN2O5. The number of nitrogens with zero attached hydrogens (tertiary/aromatic N) is 2. The number of benzene rings is 2. The number of methoxy groups -OCH3 is 1. The van der Waals surface area contributed by atoms with E-state index in [4.69, 9.17) is 4.74 Å². The SMILES string of the molecule is COC(=O)c1ccc(OC[C@@H](O)Cn2cnc3cc(F)ccc3c2=O)cc1. The lowest BCUT2D eigenvalue weighted by Gasteiger charge is -2.14. The Morgan fingerprint density at radius 3 is 2.70 bits per heavy atom. The molecule has 0 aliphatic rings. The van der Waals surface area contributed by atoms with Gasteiger partial charge in [-0.3, -0.25) is 9.36 Å². The zero-order valence-electron chi connectivity index (χ0n) is 14.5. The Labute approximate surface area is 153 Å². The Kier molecular flexibility index (Phi) is 5.46. The fourth-order valence-corrected chi connectivity index (χ4v) is 2.54. The van der Waals surface area contributed by atoms with E-state index in [2.05, 4.69) is 9.72 Å². The monoisotopic (exact) mass is 372 g/mol. The molecule has 0 saturated heterocycles. The van der Waals surface area contributed by atoms with Crippen molar-refractivity contribution in [3.63, 3.8) is 0 Å². The third kappa shape index (κ3) is 4.29. The van der Waals surface area contributed by atoms with Crippen LogP contribution in [0.5, 0.6) is 5.75 Å². The Morgan fingerprint density at radius 2 is 2.00 bits per heavy atom. The van der Waals surface area contributed by atoms with Crippen molar-refractivity contribution in [2.45, 2.75) is 12.6 Å². The molecule has 0 bridgehead atoms. The average Bonchev–Trinajstić information content (AvgIpc) is 2.68. The second-order valence-corrected chi connectivity index (χ2v) is 5.84. The Morgan fingerprint density at radius 1 is 1.26 bits per heavy atom. The highest BCUT2D eigenvalue weighted by Gasteiger charge is 2.11. The van der Waals surface area contributed by atoms with Crippen molar-refractivity contribution in [2.24, 2.45) is 0 Å². The number of hydrogen-bond donors (Lipinski definition) is 1. The first-order valence-corrected chi connectivity index (χ1v) is 8.12. The van der Waals surface area contributed by atoms with E-state index < -0.39 is 17.9 Å². The van der Waals surface area contributed by atoms with Gasteiger partial charge in [-0.25, -0.2) is 14.2 Å². The molecule has 0 saturated carbocycles. The summed E-state index contributed by atoms with van der Waals surface area (Å²) in [6, 6.07) is 9.98. The molecule has 0 aliphatic carbocycles. The first kappa shape index (κ1) is 18.5. The van der Waals surface area contributed by atoms with Gasteiger partial charge in [0.05, 0.1) is 36.4 Å². The summed E-state index contributed by atoms with van der Waals surface area (Å²) in [5, 5.41) is 10.4.